The van der Waals surface area contributed by atoms with Crippen molar-refractivity contribution in [3.8, 4) is 0 Å². The van der Waals surface area contributed by atoms with Gasteiger partial charge < -0.3 is 15.2 Å². The van der Waals surface area contributed by atoms with Gasteiger partial charge in [0.2, 0.25) is 11.9 Å². The Balaban J connectivity index is 1.79. The molecule has 2 aromatic rings. The number of nitrogens with zero attached hydrogens (tertiary/aromatic N) is 3. The van der Waals surface area contributed by atoms with Gasteiger partial charge in [-0.05, 0) is 31.9 Å². The standard InChI is InChI=1S/C18H25N5O2/c1-11(2)15(16(24)19-12(3)4)21-18(25)23-10-9-22-14-8-6-5-7-13(14)20-17(22)23/h5-8,11-12,15H,9-10H2,1-4H3,(H,19,24)(H,21,25). The molecule has 0 saturated carbocycles. The lowest BCUT2D eigenvalue weighted by Crippen LogP contribution is -2.54. The Labute approximate surface area is 147 Å². The zero-order valence-corrected chi connectivity index (χ0v) is 15.1. The number of anilines is 1. The van der Waals surface area contributed by atoms with Crippen LogP contribution in [0.1, 0.15) is 27.7 Å². The normalized spacial score (nSPS) is 14.9. The van der Waals surface area contributed by atoms with Gasteiger partial charge in [-0.15, -0.1) is 0 Å². The van der Waals surface area contributed by atoms with E-state index in [1.165, 1.54) is 0 Å². The van der Waals surface area contributed by atoms with Crippen LogP contribution in [0.2, 0.25) is 0 Å². The van der Waals surface area contributed by atoms with Gasteiger partial charge in [0.1, 0.15) is 6.04 Å². The van der Waals surface area contributed by atoms with Crippen molar-refractivity contribution >= 4 is 28.9 Å². The second-order valence-corrected chi connectivity index (χ2v) is 7.04. The van der Waals surface area contributed by atoms with E-state index in [1.807, 2.05) is 56.5 Å². The summed E-state index contributed by atoms with van der Waals surface area (Å²) >= 11 is 0. The van der Waals surface area contributed by atoms with Gasteiger partial charge in [-0.3, -0.25) is 9.69 Å². The zero-order valence-electron chi connectivity index (χ0n) is 15.1. The minimum atomic E-state index is -0.576. The number of benzene rings is 1. The fourth-order valence-electron chi connectivity index (χ4n) is 3.10. The Hall–Kier alpha value is -2.57. The zero-order chi connectivity index (χ0) is 18.1. The van der Waals surface area contributed by atoms with Crippen LogP contribution in [-0.4, -0.2) is 40.1 Å². The molecule has 0 bridgehead atoms. The van der Waals surface area contributed by atoms with Crippen LogP contribution in [0.3, 0.4) is 0 Å². The van der Waals surface area contributed by atoms with Crippen molar-refractivity contribution in [1.82, 2.24) is 20.2 Å². The second kappa shape index (κ2) is 6.74. The summed E-state index contributed by atoms with van der Waals surface area (Å²) in [6.07, 6.45) is 0. The average Bonchev–Trinajstić information content (AvgIpc) is 3.10. The van der Waals surface area contributed by atoms with Crippen molar-refractivity contribution < 1.29 is 9.59 Å². The second-order valence-electron chi connectivity index (χ2n) is 7.04. The molecule has 1 aromatic heterocycles. The minimum absolute atomic E-state index is 0.0101. The molecule has 1 unspecified atom stereocenters. The number of hydrogen-bond acceptors (Lipinski definition) is 3. The predicted octanol–water partition coefficient (Wildman–Crippen LogP) is 2.12. The summed E-state index contributed by atoms with van der Waals surface area (Å²) < 4.78 is 2.04. The van der Waals surface area contributed by atoms with Crippen LogP contribution in [-0.2, 0) is 11.3 Å². The molecule has 3 rings (SSSR count). The predicted molar refractivity (Wildman–Crippen MR) is 97.5 cm³/mol. The van der Waals surface area contributed by atoms with Gasteiger partial charge in [-0.25, -0.2) is 9.78 Å². The first-order valence-electron chi connectivity index (χ1n) is 8.72. The number of para-hydroxylation sites is 2. The van der Waals surface area contributed by atoms with Crippen molar-refractivity contribution in [2.45, 2.75) is 46.3 Å². The summed E-state index contributed by atoms with van der Waals surface area (Å²) in [7, 11) is 0. The minimum Gasteiger partial charge on any atom is -0.352 e. The van der Waals surface area contributed by atoms with Crippen molar-refractivity contribution in [2.24, 2.45) is 5.92 Å². The Bertz CT molecular complexity index is 796. The molecule has 0 aliphatic carbocycles. The van der Waals surface area contributed by atoms with Crippen molar-refractivity contribution in [3.63, 3.8) is 0 Å². The van der Waals surface area contributed by atoms with Crippen LogP contribution in [0.25, 0.3) is 11.0 Å². The van der Waals surface area contributed by atoms with Gasteiger partial charge in [0, 0.05) is 19.1 Å². The molecule has 3 amide bonds. The topological polar surface area (TPSA) is 79.3 Å². The number of rotatable bonds is 4. The summed E-state index contributed by atoms with van der Waals surface area (Å²) in [4.78, 5) is 31.3. The molecule has 1 atom stereocenters. The Kier molecular flexibility index (Phi) is 4.65. The SMILES string of the molecule is CC(C)NC(=O)C(NC(=O)N1CCn2c1nc1ccccc12)C(C)C. The Morgan fingerprint density at radius 3 is 2.48 bits per heavy atom. The highest BCUT2D eigenvalue weighted by Crippen LogP contribution is 2.27. The van der Waals surface area contributed by atoms with Gasteiger partial charge in [0.05, 0.1) is 11.0 Å². The molecule has 0 radical (unpaired) electrons. The van der Waals surface area contributed by atoms with Crippen LogP contribution < -0.4 is 15.5 Å². The first-order valence-corrected chi connectivity index (χ1v) is 8.72. The van der Waals surface area contributed by atoms with Gasteiger partial charge in [-0.2, -0.15) is 0 Å². The van der Waals surface area contributed by atoms with Gasteiger partial charge in [-0.1, -0.05) is 26.0 Å². The molecule has 7 nitrogen and oxygen atoms in total. The maximum absolute atomic E-state index is 12.8. The number of imidazole rings is 1. The van der Waals surface area contributed by atoms with Crippen molar-refractivity contribution in [3.05, 3.63) is 24.3 Å². The van der Waals surface area contributed by atoms with Gasteiger partial charge >= 0.3 is 6.03 Å². The maximum Gasteiger partial charge on any atom is 0.324 e. The maximum atomic E-state index is 12.8. The highest BCUT2D eigenvalue weighted by Gasteiger charge is 2.32. The lowest BCUT2D eigenvalue weighted by Gasteiger charge is -2.25. The number of aromatic nitrogens is 2. The third-order valence-electron chi connectivity index (χ3n) is 4.33. The van der Waals surface area contributed by atoms with Crippen LogP contribution in [0.15, 0.2) is 24.3 Å². The Morgan fingerprint density at radius 2 is 1.80 bits per heavy atom. The summed E-state index contributed by atoms with van der Waals surface area (Å²) in [6.45, 7) is 8.90. The number of nitrogens with one attached hydrogen (secondary N) is 2. The van der Waals surface area contributed by atoms with Crippen LogP contribution in [0.5, 0.6) is 0 Å². The van der Waals surface area contributed by atoms with E-state index < -0.39 is 6.04 Å². The highest BCUT2D eigenvalue weighted by atomic mass is 16.2. The third-order valence-corrected chi connectivity index (χ3v) is 4.33. The molecule has 7 heteroatoms. The smallest absolute Gasteiger partial charge is 0.324 e. The fraction of sp³-hybridized carbons (Fsp3) is 0.500. The molecule has 25 heavy (non-hydrogen) atoms. The number of fused-ring (bicyclic) bond motifs is 3. The third kappa shape index (κ3) is 3.31. The van der Waals surface area contributed by atoms with E-state index in [9.17, 15) is 9.59 Å². The average molecular weight is 343 g/mol. The first-order chi connectivity index (χ1) is 11.9. The largest absolute Gasteiger partial charge is 0.352 e. The fourth-order valence-corrected chi connectivity index (χ4v) is 3.10. The van der Waals surface area contributed by atoms with Crippen molar-refractivity contribution in [2.75, 3.05) is 11.4 Å². The number of urea groups is 1. The van der Waals surface area contributed by atoms with E-state index in [2.05, 4.69) is 15.6 Å². The molecular weight excluding hydrogens is 318 g/mol. The highest BCUT2D eigenvalue weighted by molar-refractivity contribution is 5.96. The van der Waals surface area contributed by atoms with E-state index >= 15 is 0 Å². The molecule has 0 fully saturated rings. The molecule has 0 saturated heterocycles. The molecule has 1 aromatic carbocycles. The van der Waals surface area contributed by atoms with Gasteiger partial charge in [0.15, 0.2) is 0 Å². The molecule has 1 aliphatic rings. The van der Waals surface area contributed by atoms with Gasteiger partial charge in [0.25, 0.3) is 0 Å². The lowest BCUT2D eigenvalue weighted by atomic mass is 10.0. The number of carbonyl (C=O) groups is 2. The van der Waals surface area contributed by atoms with E-state index in [-0.39, 0.29) is 23.9 Å². The van der Waals surface area contributed by atoms with Crippen LogP contribution >= 0.6 is 0 Å². The van der Waals surface area contributed by atoms with Crippen LogP contribution in [0.4, 0.5) is 10.7 Å². The molecular formula is C18H25N5O2. The quantitative estimate of drug-likeness (QED) is 0.892. The molecule has 1 aliphatic heterocycles. The number of amides is 3. The summed E-state index contributed by atoms with van der Waals surface area (Å²) in [5.74, 6) is 0.459. The summed E-state index contributed by atoms with van der Waals surface area (Å²) in [5.41, 5.74) is 1.89. The van der Waals surface area contributed by atoms with E-state index in [0.29, 0.717) is 19.0 Å². The lowest BCUT2D eigenvalue weighted by molar-refractivity contribution is -0.124. The van der Waals surface area contributed by atoms with E-state index in [0.717, 1.165) is 11.0 Å². The monoisotopic (exact) mass is 343 g/mol. The molecule has 2 heterocycles. The molecule has 134 valence electrons. The van der Waals surface area contributed by atoms with E-state index in [4.69, 9.17) is 0 Å². The van der Waals surface area contributed by atoms with Crippen LogP contribution in [0, 0.1) is 5.92 Å². The number of carbonyl (C=O) groups excluding carboxylic acids is 2. The number of hydrogen-bond donors (Lipinski definition) is 2. The van der Waals surface area contributed by atoms with Crippen molar-refractivity contribution in [1.29, 1.82) is 0 Å². The summed E-state index contributed by atoms with van der Waals surface area (Å²) in [6, 6.07) is 7.00. The summed E-state index contributed by atoms with van der Waals surface area (Å²) in [5, 5.41) is 5.74. The molecule has 0 spiro atoms. The first kappa shape index (κ1) is 17.3. The molecule has 2 N–H and O–H groups in total. The van der Waals surface area contributed by atoms with E-state index in [1.54, 1.807) is 4.90 Å². The Morgan fingerprint density at radius 1 is 1.08 bits per heavy atom.